The fourth-order valence-electron chi connectivity index (χ4n) is 6.12. The number of piperidine rings is 1. The van der Waals surface area contributed by atoms with Crippen molar-refractivity contribution in [2.75, 3.05) is 19.7 Å². The van der Waals surface area contributed by atoms with Crippen molar-refractivity contribution >= 4 is 28.5 Å². The standard InChI is InChI=1S/C33H39FN4O4/c1-6-41-31(39)23-9-10-27-20(2)29(35-38(27)19-23)28-16-24-15-25(34)17-26(30(24)37(28)18-21-7-8-21)22-11-13-36(14-12-22)32(40)42-33(3,4)5/h9-10,15-17,19,21-22H,6-8,11-14,18H2,1-5H3. The Balaban J connectivity index is 1.39. The normalized spacial score (nSPS) is 16.4. The Kier molecular flexibility index (Phi) is 7.23. The van der Waals surface area contributed by atoms with Gasteiger partial charge in [0.2, 0.25) is 0 Å². The van der Waals surface area contributed by atoms with E-state index in [0.29, 0.717) is 31.2 Å². The van der Waals surface area contributed by atoms with Crippen LogP contribution in [0.15, 0.2) is 36.5 Å². The first-order valence-electron chi connectivity index (χ1n) is 15.0. The highest BCUT2D eigenvalue weighted by Crippen LogP contribution is 2.41. The monoisotopic (exact) mass is 574 g/mol. The molecule has 0 spiro atoms. The summed E-state index contributed by atoms with van der Waals surface area (Å²) >= 11 is 0. The summed E-state index contributed by atoms with van der Waals surface area (Å²) in [7, 11) is 0. The van der Waals surface area contributed by atoms with E-state index < -0.39 is 5.60 Å². The van der Waals surface area contributed by atoms with Crippen LogP contribution >= 0.6 is 0 Å². The van der Waals surface area contributed by atoms with E-state index in [-0.39, 0.29) is 23.8 Å². The molecule has 0 N–H and O–H groups in total. The number of ether oxygens (including phenoxy) is 2. The Morgan fingerprint density at radius 3 is 2.48 bits per heavy atom. The molecule has 6 rings (SSSR count). The summed E-state index contributed by atoms with van der Waals surface area (Å²) in [5.74, 6) is 0.0682. The minimum Gasteiger partial charge on any atom is -0.462 e. The van der Waals surface area contributed by atoms with Gasteiger partial charge in [0, 0.05) is 36.8 Å². The Morgan fingerprint density at radius 1 is 1.07 bits per heavy atom. The van der Waals surface area contributed by atoms with E-state index in [0.717, 1.165) is 58.3 Å². The molecular weight excluding hydrogens is 535 g/mol. The maximum atomic E-state index is 15.1. The number of amides is 1. The molecule has 3 aromatic heterocycles. The maximum Gasteiger partial charge on any atom is 0.410 e. The Bertz CT molecular complexity index is 1670. The topological polar surface area (TPSA) is 78.1 Å². The van der Waals surface area contributed by atoms with Gasteiger partial charge in [0.25, 0.3) is 0 Å². The number of fused-ring (bicyclic) bond motifs is 2. The minimum absolute atomic E-state index is 0.122. The molecule has 0 radical (unpaired) electrons. The van der Waals surface area contributed by atoms with Crippen LogP contribution in [0.2, 0.25) is 0 Å². The first kappa shape index (κ1) is 28.2. The molecule has 4 aromatic rings. The van der Waals surface area contributed by atoms with E-state index in [1.807, 2.05) is 33.8 Å². The molecule has 1 aliphatic carbocycles. The van der Waals surface area contributed by atoms with E-state index in [4.69, 9.17) is 14.6 Å². The molecule has 8 nitrogen and oxygen atoms in total. The highest BCUT2D eigenvalue weighted by Gasteiger charge is 2.31. The third kappa shape index (κ3) is 5.49. The number of rotatable bonds is 6. The summed E-state index contributed by atoms with van der Waals surface area (Å²) in [4.78, 5) is 26.8. The molecule has 1 aliphatic heterocycles. The molecule has 2 aliphatic rings. The summed E-state index contributed by atoms with van der Waals surface area (Å²) in [5, 5.41) is 5.79. The lowest BCUT2D eigenvalue weighted by atomic mass is 9.88. The third-order valence-corrected chi connectivity index (χ3v) is 8.34. The summed E-state index contributed by atoms with van der Waals surface area (Å²) in [6, 6.07) is 9.02. The lowest BCUT2D eigenvalue weighted by Crippen LogP contribution is -2.41. The van der Waals surface area contributed by atoms with Gasteiger partial charge in [-0.05, 0) is 108 Å². The number of carbonyl (C=O) groups is 2. The van der Waals surface area contributed by atoms with E-state index in [2.05, 4.69) is 10.6 Å². The lowest BCUT2D eigenvalue weighted by molar-refractivity contribution is 0.0204. The van der Waals surface area contributed by atoms with Gasteiger partial charge in [-0.3, -0.25) is 0 Å². The van der Waals surface area contributed by atoms with Crippen molar-refractivity contribution in [1.29, 1.82) is 0 Å². The molecule has 0 bridgehead atoms. The number of carbonyl (C=O) groups excluding carboxylic acids is 2. The Morgan fingerprint density at radius 2 is 1.81 bits per heavy atom. The van der Waals surface area contributed by atoms with Gasteiger partial charge in [0.05, 0.1) is 28.9 Å². The van der Waals surface area contributed by atoms with Crippen LogP contribution in [0.3, 0.4) is 0 Å². The van der Waals surface area contributed by atoms with Crippen molar-refractivity contribution in [3.05, 3.63) is 59.0 Å². The second-order valence-corrected chi connectivity index (χ2v) is 12.7. The molecule has 1 amide bonds. The van der Waals surface area contributed by atoms with Crippen LogP contribution in [0.4, 0.5) is 9.18 Å². The van der Waals surface area contributed by atoms with E-state index in [9.17, 15) is 9.59 Å². The van der Waals surface area contributed by atoms with Crippen LogP contribution in [-0.2, 0) is 16.0 Å². The fraction of sp³-hybridized carbons (Fsp3) is 0.485. The van der Waals surface area contributed by atoms with Crippen LogP contribution < -0.4 is 0 Å². The Hall–Kier alpha value is -3.88. The van der Waals surface area contributed by atoms with E-state index >= 15 is 4.39 Å². The van der Waals surface area contributed by atoms with Crippen molar-refractivity contribution in [3.63, 3.8) is 0 Å². The number of halogens is 1. The summed E-state index contributed by atoms with van der Waals surface area (Å²) < 4.78 is 30.0. The van der Waals surface area contributed by atoms with E-state index in [1.54, 1.807) is 40.7 Å². The van der Waals surface area contributed by atoms with Gasteiger partial charge in [-0.2, -0.15) is 5.10 Å². The number of pyridine rings is 1. The van der Waals surface area contributed by atoms with Crippen molar-refractivity contribution in [1.82, 2.24) is 19.1 Å². The zero-order chi connectivity index (χ0) is 29.8. The van der Waals surface area contributed by atoms with Crippen molar-refractivity contribution in [3.8, 4) is 11.4 Å². The zero-order valence-electron chi connectivity index (χ0n) is 25.1. The first-order valence-corrected chi connectivity index (χ1v) is 15.0. The second-order valence-electron chi connectivity index (χ2n) is 12.7. The molecular formula is C33H39FN4O4. The SMILES string of the molecule is CCOC(=O)c1ccc2c(C)c(-c3cc4cc(F)cc(C5CCN(C(=O)OC(C)(C)C)CC5)c4n3CC3CC3)nn2c1. The molecule has 0 unspecified atom stereocenters. The van der Waals surface area contributed by atoms with Gasteiger partial charge in [0.15, 0.2) is 0 Å². The number of likely N-dealkylation sites (tertiary alicyclic amines) is 1. The van der Waals surface area contributed by atoms with Crippen LogP contribution in [0, 0.1) is 18.7 Å². The van der Waals surface area contributed by atoms with Crippen LogP contribution in [0.5, 0.6) is 0 Å². The molecule has 42 heavy (non-hydrogen) atoms. The van der Waals surface area contributed by atoms with Crippen LogP contribution in [0.1, 0.15) is 80.8 Å². The summed E-state index contributed by atoms with van der Waals surface area (Å²) in [6.07, 6.45) is 5.25. The largest absolute Gasteiger partial charge is 0.462 e. The zero-order valence-corrected chi connectivity index (χ0v) is 25.1. The average Bonchev–Trinajstić information content (AvgIpc) is 3.61. The molecule has 2 fully saturated rings. The fourth-order valence-corrected chi connectivity index (χ4v) is 6.12. The third-order valence-electron chi connectivity index (χ3n) is 8.34. The molecule has 9 heteroatoms. The summed E-state index contributed by atoms with van der Waals surface area (Å²) in [6.45, 7) is 11.7. The number of hydrogen-bond acceptors (Lipinski definition) is 5. The smallest absolute Gasteiger partial charge is 0.410 e. The number of nitrogens with zero attached hydrogens (tertiary/aromatic N) is 4. The molecule has 1 saturated carbocycles. The number of hydrogen-bond donors (Lipinski definition) is 0. The van der Waals surface area contributed by atoms with Crippen molar-refractivity contribution in [2.45, 2.75) is 78.4 Å². The lowest BCUT2D eigenvalue weighted by Gasteiger charge is -2.34. The maximum absolute atomic E-state index is 15.1. The van der Waals surface area contributed by atoms with Gasteiger partial charge in [0.1, 0.15) is 17.1 Å². The molecule has 1 aromatic carbocycles. The van der Waals surface area contributed by atoms with Gasteiger partial charge < -0.3 is 18.9 Å². The number of esters is 1. The quantitative estimate of drug-likeness (QED) is 0.230. The van der Waals surface area contributed by atoms with Crippen molar-refractivity contribution in [2.24, 2.45) is 5.92 Å². The van der Waals surface area contributed by atoms with Gasteiger partial charge in [-0.25, -0.2) is 18.5 Å². The van der Waals surface area contributed by atoms with Gasteiger partial charge in [-0.15, -0.1) is 0 Å². The highest BCUT2D eigenvalue weighted by atomic mass is 19.1. The average molecular weight is 575 g/mol. The summed E-state index contributed by atoms with van der Waals surface area (Å²) in [5.41, 5.74) is 5.62. The van der Waals surface area contributed by atoms with Gasteiger partial charge >= 0.3 is 12.1 Å². The molecule has 222 valence electrons. The van der Waals surface area contributed by atoms with E-state index in [1.165, 1.54) is 12.8 Å². The number of benzene rings is 1. The molecule has 1 saturated heterocycles. The minimum atomic E-state index is -0.543. The number of aryl methyl sites for hydroxylation is 1. The van der Waals surface area contributed by atoms with Crippen molar-refractivity contribution < 1.29 is 23.5 Å². The Labute approximate surface area is 245 Å². The predicted molar refractivity (Wildman–Crippen MR) is 159 cm³/mol. The van der Waals surface area contributed by atoms with Gasteiger partial charge in [-0.1, -0.05) is 0 Å². The number of aromatic nitrogens is 3. The van der Waals surface area contributed by atoms with Crippen LogP contribution in [-0.4, -0.2) is 56.4 Å². The second kappa shape index (κ2) is 10.7. The first-order chi connectivity index (χ1) is 20.0. The molecule has 4 heterocycles. The molecule has 0 atom stereocenters. The van der Waals surface area contributed by atoms with Crippen LogP contribution in [0.25, 0.3) is 27.8 Å². The highest BCUT2D eigenvalue weighted by molar-refractivity contribution is 5.92. The predicted octanol–water partition coefficient (Wildman–Crippen LogP) is 7.10.